The highest BCUT2D eigenvalue weighted by atomic mass is 79.9. The van der Waals surface area contributed by atoms with Crippen molar-refractivity contribution in [2.45, 2.75) is 13.0 Å². The maximum Gasteiger partial charge on any atom is 0.204 e. The standard InChI is InChI=1S/C15H10Br2Cl2O2/c1-8(21-14-5-2-9(16)6-12(14)17)15(20)11-4-3-10(18)7-13(11)19/h2-8H,1H3. The fourth-order valence-electron chi connectivity index (χ4n) is 1.72. The summed E-state index contributed by atoms with van der Waals surface area (Å²) >= 11 is 18.6. The summed E-state index contributed by atoms with van der Waals surface area (Å²) in [4.78, 5) is 12.4. The first-order chi connectivity index (χ1) is 9.88. The van der Waals surface area contributed by atoms with Crippen molar-refractivity contribution >= 4 is 60.8 Å². The molecule has 0 aliphatic carbocycles. The third-order valence-corrected chi connectivity index (χ3v) is 4.42. The minimum atomic E-state index is -0.666. The molecule has 2 rings (SSSR count). The number of halogens is 4. The molecule has 0 fully saturated rings. The highest BCUT2D eigenvalue weighted by Crippen LogP contribution is 2.30. The van der Waals surface area contributed by atoms with Crippen molar-refractivity contribution in [3.8, 4) is 5.75 Å². The Hall–Kier alpha value is -0.550. The molecule has 0 amide bonds. The lowest BCUT2D eigenvalue weighted by Crippen LogP contribution is -2.24. The van der Waals surface area contributed by atoms with Crippen molar-refractivity contribution in [2.24, 2.45) is 0 Å². The highest BCUT2D eigenvalue weighted by Gasteiger charge is 2.20. The Bertz CT molecular complexity index is 689. The number of hydrogen-bond acceptors (Lipinski definition) is 2. The molecule has 2 nitrogen and oxygen atoms in total. The molecule has 1 unspecified atom stereocenters. The van der Waals surface area contributed by atoms with Gasteiger partial charge in [0.05, 0.1) is 9.50 Å². The second-order valence-electron chi connectivity index (χ2n) is 4.32. The Morgan fingerprint density at radius 1 is 1.14 bits per heavy atom. The van der Waals surface area contributed by atoms with Crippen LogP contribution in [0.25, 0.3) is 0 Å². The van der Waals surface area contributed by atoms with Gasteiger partial charge in [0.2, 0.25) is 5.78 Å². The fraction of sp³-hybridized carbons (Fsp3) is 0.133. The molecule has 2 aromatic carbocycles. The number of carbonyl (C=O) groups is 1. The van der Waals surface area contributed by atoms with Crippen molar-refractivity contribution < 1.29 is 9.53 Å². The maximum atomic E-state index is 12.4. The fourth-order valence-corrected chi connectivity index (χ4v) is 3.37. The van der Waals surface area contributed by atoms with Crippen molar-refractivity contribution in [3.05, 3.63) is 61.0 Å². The van der Waals surface area contributed by atoms with Gasteiger partial charge in [0.15, 0.2) is 6.10 Å². The summed E-state index contributed by atoms with van der Waals surface area (Å²) < 4.78 is 7.37. The van der Waals surface area contributed by atoms with Crippen LogP contribution in [0.3, 0.4) is 0 Å². The number of Topliss-reactive ketones (excluding diaryl/α,β-unsaturated/α-hetero) is 1. The van der Waals surface area contributed by atoms with E-state index in [0.717, 1.165) is 8.95 Å². The maximum absolute atomic E-state index is 12.4. The third kappa shape index (κ3) is 4.22. The molecule has 0 saturated carbocycles. The van der Waals surface area contributed by atoms with E-state index in [2.05, 4.69) is 31.9 Å². The lowest BCUT2D eigenvalue weighted by atomic mass is 10.1. The van der Waals surface area contributed by atoms with Crippen LogP contribution in [0.5, 0.6) is 5.75 Å². The minimum absolute atomic E-state index is 0.202. The molecule has 110 valence electrons. The van der Waals surface area contributed by atoms with Crippen LogP contribution < -0.4 is 4.74 Å². The summed E-state index contributed by atoms with van der Waals surface area (Å²) in [5.74, 6) is 0.385. The Morgan fingerprint density at radius 2 is 1.86 bits per heavy atom. The predicted molar refractivity (Wildman–Crippen MR) is 92.7 cm³/mol. The van der Waals surface area contributed by atoms with E-state index in [4.69, 9.17) is 27.9 Å². The summed E-state index contributed by atoms with van der Waals surface area (Å²) in [6.45, 7) is 1.68. The average Bonchev–Trinajstić information content (AvgIpc) is 2.41. The number of rotatable bonds is 4. The summed E-state index contributed by atoms with van der Waals surface area (Å²) in [7, 11) is 0. The largest absolute Gasteiger partial charge is 0.481 e. The van der Waals surface area contributed by atoms with E-state index in [-0.39, 0.29) is 5.78 Å². The smallest absolute Gasteiger partial charge is 0.204 e. The van der Waals surface area contributed by atoms with Gasteiger partial charge in [-0.1, -0.05) is 39.1 Å². The zero-order valence-corrected chi connectivity index (χ0v) is 15.6. The summed E-state index contributed by atoms with van der Waals surface area (Å²) in [5, 5.41) is 0.804. The topological polar surface area (TPSA) is 26.3 Å². The van der Waals surface area contributed by atoms with Crippen LogP contribution in [-0.4, -0.2) is 11.9 Å². The average molecular weight is 453 g/mol. The Kier molecular flexibility index (Phi) is 5.72. The van der Waals surface area contributed by atoms with Gasteiger partial charge in [0, 0.05) is 15.1 Å². The van der Waals surface area contributed by atoms with Crippen molar-refractivity contribution in [1.29, 1.82) is 0 Å². The van der Waals surface area contributed by atoms with Crippen LogP contribution in [0.4, 0.5) is 0 Å². The molecule has 6 heteroatoms. The molecule has 21 heavy (non-hydrogen) atoms. The van der Waals surface area contributed by atoms with Crippen molar-refractivity contribution in [1.82, 2.24) is 0 Å². The Labute approximate surface area is 149 Å². The summed E-state index contributed by atoms with van der Waals surface area (Å²) in [5.41, 5.74) is 0.391. The van der Waals surface area contributed by atoms with Gasteiger partial charge in [-0.15, -0.1) is 0 Å². The molecule has 0 aliphatic rings. The zero-order valence-electron chi connectivity index (χ0n) is 10.9. The minimum Gasteiger partial charge on any atom is -0.481 e. The molecule has 0 aromatic heterocycles. The quantitative estimate of drug-likeness (QED) is 0.518. The predicted octanol–water partition coefficient (Wildman–Crippen LogP) is 6.17. The zero-order chi connectivity index (χ0) is 15.6. The number of ether oxygens (including phenoxy) is 1. The SMILES string of the molecule is CC(Oc1ccc(Br)cc1Br)C(=O)c1ccc(Cl)cc1Cl. The van der Waals surface area contributed by atoms with E-state index in [0.29, 0.717) is 21.4 Å². The van der Waals surface area contributed by atoms with Crippen LogP contribution in [-0.2, 0) is 0 Å². The summed E-state index contributed by atoms with van der Waals surface area (Å²) in [6, 6.07) is 10.2. The lowest BCUT2D eigenvalue weighted by molar-refractivity contribution is 0.0817. The second kappa shape index (κ2) is 7.14. The van der Waals surface area contributed by atoms with Gasteiger partial charge in [-0.3, -0.25) is 4.79 Å². The van der Waals surface area contributed by atoms with Crippen LogP contribution >= 0.6 is 55.1 Å². The molecule has 0 saturated heterocycles. The van der Waals surface area contributed by atoms with Gasteiger partial charge in [-0.2, -0.15) is 0 Å². The molecular formula is C15H10Br2Cl2O2. The monoisotopic (exact) mass is 450 g/mol. The Morgan fingerprint density at radius 3 is 2.48 bits per heavy atom. The lowest BCUT2D eigenvalue weighted by Gasteiger charge is -2.15. The van der Waals surface area contributed by atoms with Crippen LogP contribution in [0.15, 0.2) is 45.3 Å². The van der Waals surface area contributed by atoms with E-state index in [1.165, 1.54) is 0 Å². The first kappa shape index (κ1) is 16.8. The molecule has 2 aromatic rings. The van der Waals surface area contributed by atoms with E-state index in [1.807, 2.05) is 12.1 Å². The molecule has 0 bridgehead atoms. The molecule has 1 atom stereocenters. The molecular weight excluding hydrogens is 443 g/mol. The van der Waals surface area contributed by atoms with E-state index < -0.39 is 6.10 Å². The van der Waals surface area contributed by atoms with E-state index >= 15 is 0 Å². The van der Waals surface area contributed by atoms with E-state index in [9.17, 15) is 4.79 Å². The normalized spacial score (nSPS) is 12.0. The van der Waals surface area contributed by atoms with Gasteiger partial charge in [-0.05, 0) is 59.3 Å². The molecule has 0 N–H and O–H groups in total. The van der Waals surface area contributed by atoms with Gasteiger partial charge < -0.3 is 4.74 Å². The Balaban J connectivity index is 2.19. The van der Waals surface area contributed by atoms with Gasteiger partial charge in [0.1, 0.15) is 5.75 Å². The number of hydrogen-bond donors (Lipinski definition) is 0. The van der Waals surface area contributed by atoms with Crippen molar-refractivity contribution in [3.63, 3.8) is 0 Å². The van der Waals surface area contributed by atoms with Crippen LogP contribution in [0.1, 0.15) is 17.3 Å². The first-order valence-electron chi connectivity index (χ1n) is 5.99. The van der Waals surface area contributed by atoms with Gasteiger partial charge >= 0.3 is 0 Å². The van der Waals surface area contributed by atoms with Crippen LogP contribution in [0.2, 0.25) is 10.0 Å². The van der Waals surface area contributed by atoms with Gasteiger partial charge in [0.25, 0.3) is 0 Å². The molecule has 0 spiro atoms. The molecule has 0 radical (unpaired) electrons. The second-order valence-corrected chi connectivity index (χ2v) is 6.94. The first-order valence-corrected chi connectivity index (χ1v) is 8.33. The van der Waals surface area contributed by atoms with Crippen molar-refractivity contribution in [2.75, 3.05) is 0 Å². The number of carbonyl (C=O) groups excluding carboxylic acids is 1. The highest BCUT2D eigenvalue weighted by molar-refractivity contribution is 9.11. The number of ketones is 1. The molecule has 0 heterocycles. The third-order valence-electron chi connectivity index (χ3n) is 2.76. The summed E-state index contributed by atoms with van der Waals surface area (Å²) in [6.07, 6.45) is -0.666. The van der Waals surface area contributed by atoms with E-state index in [1.54, 1.807) is 31.2 Å². The molecule has 0 aliphatic heterocycles. The number of benzene rings is 2. The van der Waals surface area contributed by atoms with Crippen LogP contribution in [0, 0.1) is 0 Å². The van der Waals surface area contributed by atoms with Gasteiger partial charge in [-0.25, -0.2) is 0 Å².